The van der Waals surface area contributed by atoms with E-state index in [1.54, 1.807) is 13.1 Å². The monoisotopic (exact) mass is 441 g/mol. The van der Waals surface area contributed by atoms with Gasteiger partial charge < -0.3 is 0 Å². The lowest BCUT2D eigenvalue weighted by atomic mass is 10.2. The molecule has 1 aliphatic rings. The van der Waals surface area contributed by atoms with Crippen LogP contribution in [0.2, 0.25) is 0 Å². The first kappa shape index (κ1) is 20.5. The minimum absolute atomic E-state index is 0.0464. The highest BCUT2D eigenvalue weighted by atomic mass is 32.2. The molecule has 2 aromatic heterocycles. The summed E-state index contributed by atoms with van der Waals surface area (Å²) >= 11 is 0. The number of fused-ring (bicyclic) bond motifs is 1. The van der Waals surface area contributed by atoms with Gasteiger partial charge in [0.2, 0.25) is 10.0 Å². The van der Waals surface area contributed by atoms with Crippen LogP contribution in [0.1, 0.15) is 24.7 Å². The standard InChI is InChI=1S/C18H18F3N5O3S/c1-24-10-12(9-22-24)30(28,29)26-8-4-7-15(26)16-23-14-6-3-2-5-13(14)17(27)25(16)11-18(19,20)21/h2-3,5-6,9-10,15H,4,7-8,11H2,1H3. The van der Waals surface area contributed by atoms with Gasteiger partial charge in [0.25, 0.3) is 5.56 Å². The molecule has 1 aromatic carbocycles. The van der Waals surface area contributed by atoms with E-state index in [0.717, 1.165) is 4.31 Å². The molecule has 1 atom stereocenters. The van der Waals surface area contributed by atoms with Crippen LogP contribution >= 0.6 is 0 Å². The fraction of sp³-hybridized carbons (Fsp3) is 0.389. The van der Waals surface area contributed by atoms with E-state index in [2.05, 4.69) is 10.1 Å². The molecule has 0 spiro atoms. The van der Waals surface area contributed by atoms with Gasteiger partial charge >= 0.3 is 6.18 Å². The number of benzene rings is 1. The molecular weight excluding hydrogens is 423 g/mol. The van der Waals surface area contributed by atoms with E-state index < -0.39 is 34.3 Å². The maximum absolute atomic E-state index is 13.3. The number of aryl methyl sites for hydroxylation is 1. The number of hydrogen-bond acceptors (Lipinski definition) is 5. The molecule has 0 aliphatic carbocycles. The topological polar surface area (TPSA) is 90.1 Å². The Bertz CT molecular complexity index is 1270. The molecule has 1 fully saturated rings. The Morgan fingerprint density at radius 2 is 1.97 bits per heavy atom. The van der Waals surface area contributed by atoms with E-state index in [9.17, 15) is 26.4 Å². The molecule has 12 heteroatoms. The first-order valence-electron chi connectivity index (χ1n) is 9.14. The minimum atomic E-state index is -4.67. The van der Waals surface area contributed by atoms with Crippen molar-refractivity contribution < 1.29 is 21.6 Å². The van der Waals surface area contributed by atoms with Crippen LogP contribution in [0.25, 0.3) is 10.9 Å². The summed E-state index contributed by atoms with van der Waals surface area (Å²) in [6, 6.07) is 5.09. The molecule has 8 nitrogen and oxygen atoms in total. The fourth-order valence-corrected chi connectivity index (χ4v) is 5.37. The zero-order valence-electron chi connectivity index (χ0n) is 15.9. The van der Waals surface area contributed by atoms with Crippen molar-refractivity contribution in [3.8, 4) is 0 Å². The molecule has 30 heavy (non-hydrogen) atoms. The third kappa shape index (κ3) is 3.60. The summed E-state index contributed by atoms with van der Waals surface area (Å²) in [5.41, 5.74) is -0.625. The molecule has 1 aliphatic heterocycles. The summed E-state index contributed by atoms with van der Waals surface area (Å²) in [7, 11) is -2.47. The molecule has 160 valence electrons. The normalized spacial score (nSPS) is 18.3. The van der Waals surface area contributed by atoms with Crippen LogP contribution in [0.4, 0.5) is 13.2 Å². The second-order valence-electron chi connectivity index (χ2n) is 7.12. The lowest BCUT2D eigenvalue weighted by Crippen LogP contribution is -2.37. The number of alkyl halides is 3. The van der Waals surface area contributed by atoms with Gasteiger partial charge in [-0.15, -0.1) is 0 Å². The van der Waals surface area contributed by atoms with Gasteiger partial charge in [0.1, 0.15) is 17.3 Å². The molecule has 0 bridgehead atoms. The second kappa shape index (κ2) is 7.20. The van der Waals surface area contributed by atoms with Gasteiger partial charge in [-0.05, 0) is 25.0 Å². The van der Waals surface area contributed by atoms with Crippen LogP contribution in [0.3, 0.4) is 0 Å². The quantitative estimate of drug-likeness (QED) is 0.619. The molecule has 3 heterocycles. The number of aromatic nitrogens is 4. The van der Waals surface area contributed by atoms with Crippen molar-refractivity contribution >= 4 is 20.9 Å². The van der Waals surface area contributed by atoms with Gasteiger partial charge in [-0.3, -0.25) is 14.0 Å². The Kier molecular flexibility index (Phi) is 4.93. The van der Waals surface area contributed by atoms with Gasteiger partial charge in [0.05, 0.1) is 23.1 Å². The molecule has 0 N–H and O–H groups in total. The average Bonchev–Trinajstić information content (AvgIpc) is 3.33. The Balaban J connectivity index is 1.89. The average molecular weight is 441 g/mol. The van der Waals surface area contributed by atoms with Crippen molar-refractivity contribution in [3.63, 3.8) is 0 Å². The first-order chi connectivity index (χ1) is 14.1. The summed E-state index contributed by atoms with van der Waals surface area (Å²) in [4.78, 5) is 17.1. The third-order valence-corrected chi connectivity index (χ3v) is 6.88. The molecule has 1 unspecified atom stereocenters. The van der Waals surface area contributed by atoms with Gasteiger partial charge in [0.15, 0.2) is 0 Å². The maximum atomic E-state index is 13.3. The molecule has 3 aromatic rings. The minimum Gasteiger partial charge on any atom is -0.286 e. The molecule has 0 radical (unpaired) electrons. The first-order valence-corrected chi connectivity index (χ1v) is 10.6. The van der Waals surface area contributed by atoms with Gasteiger partial charge in [-0.25, -0.2) is 13.4 Å². The van der Waals surface area contributed by atoms with Crippen LogP contribution in [0.5, 0.6) is 0 Å². The number of halogens is 3. The van der Waals surface area contributed by atoms with Gasteiger partial charge in [-0.2, -0.15) is 22.6 Å². The fourth-order valence-electron chi connectivity index (χ4n) is 3.72. The molecule has 0 saturated carbocycles. The summed E-state index contributed by atoms with van der Waals surface area (Å²) in [5, 5.41) is 3.91. The largest absolute Gasteiger partial charge is 0.406 e. The smallest absolute Gasteiger partial charge is 0.286 e. The van der Waals surface area contributed by atoms with E-state index in [0.29, 0.717) is 11.0 Å². The van der Waals surface area contributed by atoms with E-state index >= 15 is 0 Å². The molecule has 0 amide bonds. The number of para-hydroxylation sites is 1. The molecular formula is C18H18F3N5O3S. The van der Waals surface area contributed by atoms with Gasteiger partial charge in [-0.1, -0.05) is 12.1 Å². The van der Waals surface area contributed by atoms with E-state index in [1.165, 1.54) is 35.3 Å². The maximum Gasteiger partial charge on any atom is 0.406 e. The Labute approximate surface area is 169 Å². The SMILES string of the molecule is Cn1cc(S(=O)(=O)N2CCCC2c2nc3ccccc3c(=O)n2CC(F)(F)F)cn1. The van der Waals surface area contributed by atoms with Crippen LogP contribution < -0.4 is 5.56 Å². The summed E-state index contributed by atoms with van der Waals surface area (Å²) in [5.74, 6) is -0.207. The predicted octanol–water partition coefficient (Wildman–Crippen LogP) is 2.22. The Hall–Kier alpha value is -2.73. The predicted molar refractivity (Wildman–Crippen MR) is 101 cm³/mol. The lowest BCUT2D eigenvalue weighted by Gasteiger charge is -2.26. The van der Waals surface area contributed by atoms with E-state index in [1.807, 2.05) is 0 Å². The van der Waals surface area contributed by atoms with Crippen molar-refractivity contribution in [2.24, 2.45) is 7.05 Å². The summed E-state index contributed by atoms with van der Waals surface area (Å²) in [6.07, 6.45) is -1.49. The summed E-state index contributed by atoms with van der Waals surface area (Å²) in [6.45, 7) is -1.44. The highest BCUT2D eigenvalue weighted by Crippen LogP contribution is 2.36. The van der Waals surface area contributed by atoms with Crippen molar-refractivity contribution in [1.29, 1.82) is 0 Å². The van der Waals surface area contributed by atoms with Gasteiger partial charge in [0, 0.05) is 19.8 Å². The van der Waals surface area contributed by atoms with Crippen molar-refractivity contribution in [2.45, 2.75) is 36.5 Å². The number of hydrogen-bond donors (Lipinski definition) is 0. The van der Waals surface area contributed by atoms with Crippen LogP contribution in [-0.2, 0) is 23.6 Å². The van der Waals surface area contributed by atoms with E-state index in [-0.39, 0.29) is 34.6 Å². The number of nitrogens with zero attached hydrogens (tertiary/aromatic N) is 5. The number of rotatable bonds is 4. The Morgan fingerprint density at radius 3 is 2.63 bits per heavy atom. The highest BCUT2D eigenvalue weighted by Gasteiger charge is 2.41. The Morgan fingerprint density at radius 1 is 1.23 bits per heavy atom. The zero-order chi connectivity index (χ0) is 21.7. The van der Waals surface area contributed by atoms with Crippen molar-refractivity contribution in [1.82, 2.24) is 23.6 Å². The lowest BCUT2D eigenvalue weighted by molar-refractivity contribution is -0.141. The van der Waals surface area contributed by atoms with Crippen LogP contribution in [0, 0.1) is 0 Å². The van der Waals surface area contributed by atoms with Crippen LogP contribution in [0.15, 0.2) is 46.3 Å². The second-order valence-corrected chi connectivity index (χ2v) is 9.01. The van der Waals surface area contributed by atoms with Crippen molar-refractivity contribution in [3.05, 3.63) is 52.8 Å². The van der Waals surface area contributed by atoms with Crippen molar-refractivity contribution in [2.75, 3.05) is 6.54 Å². The summed E-state index contributed by atoms with van der Waals surface area (Å²) < 4.78 is 69.0. The zero-order valence-corrected chi connectivity index (χ0v) is 16.7. The molecule has 4 rings (SSSR count). The van der Waals surface area contributed by atoms with Crippen LogP contribution in [-0.4, -0.2) is 44.8 Å². The van der Waals surface area contributed by atoms with E-state index in [4.69, 9.17) is 0 Å². The number of sulfonamides is 1. The third-order valence-electron chi connectivity index (χ3n) is 5.02. The highest BCUT2D eigenvalue weighted by molar-refractivity contribution is 7.89. The molecule has 1 saturated heterocycles.